The molecule has 0 aromatic heterocycles. The first-order chi connectivity index (χ1) is 17.6. The number of aliphatic carboxylic acids is 1. The average molecular weight is 474 g/mol. The van der Waals surface area contributed by atoms with Crippen molar-refractivity contribution >= 4 is 11.9 Å². The third-order valence-electron chi connectivity index (χ3n) is 6.89. The molecule has 1 saturated carbocycles. The number of carbonyl (C=O) groups excluding carboxylic acids is 1. The Labute approximate surface area is 209 Å². The zero-order valence-corrected chi connectivity index (χ0v) is 19.3. The third-order valence-corrected chi connectivity index (χ3v) is 6.89. The minimum atomic E-state index is -0.953. The van der Waals surface area contributed by atoms with Gasteiger partial charge in [0, 0.05) is 11.8 Å². The summed E-state index contributed by atoms with van der Waals surface area (Å²) in [6.45, 7) is 0. The second kappa shape index (κ2) is 9.89. The highest BCUT2D eigenvalue weighted by molar-refractivity contribution is 5.86. The number of hydrogen-bond acceptors (Lipinski definition) is 4. The van der Waals surface area contributed by atoms with Gasteiger partial charge in [0.05, 0.1) is 17.4 Å². The Balaban J connectivity index is 1.54. The SMILES string of the molecule is N#Cc1ccc(-c2ccccc2)cc1OC(=O)[C@H]1C(c2ccccc2)C(C(=O)O)[C@H]1c1ccccc1. The summed E-state index contributed by atoms with van der Waals surface area (Å²) in [5.41, 5.74) is 3.53. The smallest absolute Gasteiger partial charge is 0.315 e. The van der Waals surface area contributed by atoms with Gasteiger partial charge >= 0.3 is 11.9 Å². The maximum Gasteiger partial charge on any atom is 0.315 e. The van der Waals surface area contributed by atoms with E-state index in [9.17, 15) is 20.0 Å². The van der Waals surface area contributed by atoms with Gasteiger partial charge in [-0.05, 0) is 34.4 Å². The number of carbonyl (C=O) groups is 2. The number of ether oxygens (including phenoxy) is 1. The molecule has 4 aromatic carbocycles. The highest BCUT2D eigenvalue weighted by Gasteiger charge is 2.59. The lowest BCUT2D eigenvalue weighted by Gasteiger charge is -2.49. The van der Waals surface area contributed by atoms with E-state index >= 15 is 0 Å². The fourth-order valence-corrected chi connectivity index (χ4v) is 5.21. The van der Waals surface area contributed by atoms with Crippen LogP contribution in [0.1, 0.15) is 28.5 Å². The van der Waals surface area contributed by atoms with E-state index in [0.717, 1.165) is 22.3 Å². The highest BCUT2D eigenvalue weighted by Crippen LogP contribution is 2.58. The molecule has 0 bridgehead atoms. The number of esters is 1. The Bertz CT molecular complexity index is 1380. The summed E-state index contributed by atoms with van der Waals surface area (Å²) in [5, 5.41) is 19.8. The molecule has 0 saturated heterocycles. The van der Waals surface area contributed by atoms with E-state index in [1.807, 2.05) is 97.1 Å². The fraction of sp³-hybridized carbons (Fsp3) is 0.129. The lowest BCUT2D eigenvalue weighted by Crippen LogP contribution is -2.52. The first-order valence-corrected chi connectivity index (χ1v) is 11.7. The van der Waals surface area contributed by atoms with Crippen LogP contribution in [0.2, 0.25) is 0 Å². The molecule has 1 N–H and O–H groups in total. The Morgan fingerprint density at radius 2 is 1.22 bits per heavy atom. The standard InChI is InChI=1S/C31H23NO4/c32-19-24-17-16-23(20-10-4-1-5-11-20)18-25(24)36-31(35)29-26(21-12-6-2-7-13-21)28(30(33)34)27(29)22-14-8-3-9-15-22/h1-18,26-29H,(H,33,34)/t26-,27?,28?,29-/m1/s1. The molecule has 4 aromatic rings. The number of carboxylic acids is 1. The monoisotopic (exact) mass is 473 g/mol. The Kier molecular flexibility index (Phi) is 6.34. The van der Waals surface area contributed by atoms with E-state index in [-0.39, 0.29) is 11.3 Å². The van der Waals surface area contributed by atoms with Gasteiger partial charge in [0.25, 0.3) is 0 Å². The zero-order chi connectivity index (χ0) is 25.1. The molecule has 5 rings (SSSR count). The number of carboxylic acid groups (broad SMARTS) is 1. The van der Waals surface area contributed by atoms with Gasteiger partial charge in [-0.2, -0.15) is 5.26 Å². The van der Waals surface area contributed by atoms with Gasteiger partial charge in [0.1, 0.15) is 11.8 Å². The van der Waals surface area contributed by atoms with Crippen molar-refractivity contribution in [1.29, 1.82) is 5.26 Å². The number of benzene rings is 4. The normalized spacial score (nSPS) is 20.5. The van der Waals surface area contributed by atoms with Crippen molar-refractivity contribution < 1.29 is 19.4 Å². The molecule has 0 aliphatic heterocycles. The van der Waals surface area contributed by atoms with Gasteiger partial charge in [-0.25, -0.2) is 0 Å². The van der Waals surface area contributed by atoms with Crippen molar-refractivity contribution in [1.82, 2.24) is 0 Å². The molecule has 5 heteroatoms. The van der Waals surface area contributed by atoms with Crippen LogP contribution in [0.15, 0.2) is 109 Å². The minimum absolute atomic E-state index is 0.168. The average Bonchev–Trinajstić information content (AvgIpc) is 2.89. The van der Waals surface area contributed by atoms with E-state index in [0.29, 0.717) is 0 Å². The van der Waals surface area contributed by atoms with Crippen molar-refractivity contribution in [3.8, 4) is 22.9 Å². The van der Waals surface area contributed by atoms with Gasteiger partial charge in [0.15, 0.2) is 0 Å². The number of nitrogens with zero attached hydrogens (tertiary/aromatic N) is 1. The molecule has 0 heterocycles. The van der Waals surface area contributed by atoms with Crippen LogP contribution in [-0.4, -0.2) is 17.0 Å². The topological polar surface area (TPSA) is 87.4 Å². The van der Waals surface area contributed by atoms with Gasteiger partial charge in [0.2, 0.25) is 0 Å². The largest absolute Gasteiger partial charge is 0.481 e. The van der Waals surface area contributed by atoms with Crippen LogP contribution in [-0.2, 0) is 9.59 Å². The molecule has 1 aliphatic rings. The molecular formula is C31H23NO4. The number of nitriles is 1. The predicted octanol–water partition coefficient (Wildman–Crippen LogP) is 6.03. The number of hydrogen-bond donors (Lipinski definition) is 1. The lowest BCUT2D eigenvalue weighted by molar-refractivity contribution is -0.158. The summed E-state index contributed by atoms with van der Waals surface area (Å²) in [4.78, 5) is 26.1. The predicted molar refractivity (Wildman–Crippen MR) is 135 cm³/mol. The molecule has 4 atom stereocenters. The molecular weight excluding hydrogens is 450 g/mol. The summed E-state index contributed by atoms with van der Waals surface area (Å²) in [6.07, 6.45) is 0. The molecule has 1 fully saturated rings. The first kappa shape index (κ1) is 23.1. The van der Waals surface area contributed by atoms with Crippen molar-refractivity contribution in [2.24, 2.45) is 11.8 Å². The van der Waals surface area contributed by atoms with Gasteiger partial charge < -0.3 is 9.84 Å². The van der Waals surface area contributed by atoms with Crippen LogP contribution in [0.5, 0.6) is 5.75 Å². The summed E-state index contributed by atoms with van der Waals surface area (Å²) in [5.74, 6) is -3.93. The van der Waals surface area contributed by atoms with Crippen LogP contribution in [0, 0.1) is 23.2 Å². The van der Waals surface area contributed by atoms with Crippen molar-refractivity contribution in [2.75, 3.05) is 0 Å². The second-order valence-corrected chi connectivity index (χ2v) is 8.87. The molecule has 176 valence electrons. The molecule has 5 nitrogen and oxygen atoms in total. The van der Waals surface area contributed by atoms with Crippen molar-refractivity contribution in [3.63, 3.8) is 0 Å². The number of rotatable bonds is 6. The van der Waals surface area contributed by atoms with E-state index in [1.54, 1.807) is 12.1 Å². The molecule has 0 amide bonds. The maximum absolute atomic E-state index is 13.7. The van der Waals surface area contributed by atoms with Crippen LogP contribution < -0.4 is 4.74 Å². The quantitative estimate of drug-likeness (QED) is 0.273. The zero-order valence-electron chi connectivity index (χ0n) is 19.3. The minimum Gasteiger partial charge on any atom is -0.481 e. The molecule has 1 aliphatic carbocycles. The Morgan fingerprint density at radius 3 is 1.72 bits per heavy atom. The highest BCUT2D eigenvalue weighted by atomic mass is 16.5. The maximum atomic E-state index is 13.7. The Hall–Kier alpha value is -4.69. The van der Waals surface area contributed by atoms with Crippen molar-refractivity contribution in [3.05, 3.63) is 126 Å². The van der Waals surface area contributed by atoms with Crippen LogP contribution in [0.25, 0.3) is 11.1 Å². The third kappa shape index (κ3) is 4.25. The van der Waals surface area contributed by atoms with Crippen LogP contribution in [0.3, 0.4) is 0 Å². The second-order valence-electron chi connectivity index (χ2n) is 8.87. The lowest BCUT2D eigenvalue weighted by atomic mass is 9.52. The molecule has 0 radical (unpaired) electrons. The summed E-state index contributed by atoms with van der Waals surface area (Å²) >= 11 is 0. The van der Waals surface area contributed by atoms with Crippen LogP contribution in [0.4, 0.5) is 0 Å². The van der Waals surface area contributed by atoms with E-state index in [1.165, 1.54) is 0 Å². The Morgan fingerprint density at radius 1 is 0.694 bits per heavy atom. The molecule has 0 spiro atoms. The van der Waals surface area contributed by atoms with Gasteiger partial charge in [-0.15, -0.1) is 0 Å². The van der Waals surface area contributed by atoms with E-state index in [2.05, 4.69) is 6.07 Å². The molecule has 2 unspecified atom stereocenters. The van der Waals surface area contributed by atoms with Gasteiger partial charge in [-0.3, -0.25) is 9.59 Å². The van der Waals surface area contributed by atoms with Gasteiger partial charge in [-0.1, -0.05) is 97.1 Å². The summed E-state index contributed by atoms with van der Waals surface area (Å²) in [6, 6.07) is 35.3. The van der Waals surface area contributed by atoms with Crippen LogP contribution >= 0.6 is 0 Å². The first-order valence-electron chi connectivity index (χ1n) is 11.7. The van der Waals surface area contributed by atoms with E-state index < -0.39 is 35.6 Å². The van der Waals surface area contributed by atoms with Crippen molar-refractivity contribution in [2.45, 2.75) is 11.8 Å². The summed E-state index contributed by atoms with van der Waals surface area (Å²) < 4.78 is 5.88. The van der Waals surface area contributed by atoms with E-state index in [4.69, 9.17) is 4.74 Å². The molecule has 36 heavy (non-hydrogen) atoms. The fourth-order valence-electron chi connectivity index (χ4n) is 5.21. The summed E-state index contributed by atoms with van der Waals surface area (Å²) in [7, 11) is 0.